The van der Waals surface area contributed by atoms with E-state index < -0.39 is 0 Å². The molecule has 0 spiro atoms. The first-order valence-electron chi connectivity index (χ1n) is 8.24. The molecule has 0 aliphatic carbocycles. The first-order valence-corrected chi connectivity index (χ1v) is 8.24. The number of rotatable bonds is 4. The van der Waals surface area contributed by atoms with Crippen molar-refractivity contribution in [1.82, 2.24) is 10.2 Å². The minimum atomic E-state index is 0.307. The number of nitrogens with one attached hydrogen (secondary N) is 1. The first kappa shape index (κ1) is 14.6. The second kappa shape index (κ2) is 6.18. The Morgan fingerprint density at radius 3 is 2.43 bits per heavy atom. The topological polar surface area (TPSA) is 32.3 Å². The van der Waals surface area contributed by atoms with Gasteiger partial charge in [0, 0.05) is 32.6 Å². The molecule has 1 N–H and O–H groups in total. The highest BCUT2D eigenvalue weighted by atomic mass is 16.2. The van der Waals surface area contributed by atoms with Crippen molar-refractivity contribution in [2.24, 2.45) is 11.8 Å². The minimum absolute atomic E-state index is 0.307. The van der Waals surface area contributed by atoms with Gasteiger partial charge in [-0.05, 0) is 35.3 Å². The van der Waals surface area contributed by atoms with E-state index in [1.54, 1.807) is 0 Å². The molecule has 21 heavy (non-hydrogen) atoms. The van der Waals surface area contributed by atoms with Crippen molar-refractivity contribution in [1.29, 1.82) is 0 Å². The summed E-state index contributed by atoms with van der Waals surface area (Å²) in [5.74, 6) is 2.01. The number of carbonyl (C=O) groups excluding carboxylic acids is 1. The summed E-state index contributed by atoms with van der Waals surface area (Å²) in [5, 5.41) is 3.42. The second-order valence-electron chi connectivity index (χ2n) is 6.68. The summed E-state index contributed by atoms with van der Waals surface area (Å²) in [5.41, 5.74) is 2.64. The van der Waals surface area contributed by atoms with E-state index in [0.29, 0.717) is 30.1 Å². The van der Waals surface area contributed by atoms with E-state index in [0.717, 1.165) is 32.6 Å². The van der Waals surface area contributed by atoms with Gasteiger partial charge in [-0.1, -0.05) is 38.1 Å². The maximum Gasteiger partial charge on any atom is 0.223 e. The molecule has 0 saturated carbocycles. The molecule has 3 heteroatoms. The van der Waals surface area contributed by atoms with Crippen LogP contribution in [-0.4, -0.2) is 37.0 Å². The van der Waals surface area contributed by atoms with Crippen LogP contribution < -0.4 is 5.32 Å². The third-order valence-corrected chi connectivity index (χ3v) is 5.18. The van der Waals surface area contributed by atoms with Crippen molar-refractivity contribution in [3.8, 4) is 0 Å². The summed E-state index contributed by atoms with van der Waals surface area (Å²) >= 11 is 0. The fourth-order valence-electron chi connectivity index (χ4n) is 3.65. The number of hydrogen-bond acceptors (Lipinski definition) is 2. The molecular formula is C18H26N2O. The van der Waals surface area contributed by atoms with Crippen molar-refractivity contribution in [2.45, 2.75) is 32.6 Å². The summed E-state index contributed by atoms with van der Waals surface area (Å²) in [6.07, 6.45) is 1.70. The van der Waals surface area contributed by atoms with Gasteiger partial charge >= 0.3 is 0 Å². The van der Waals surface area contributed by atoms with Gasteiger partial charge in [0.05, 0.1) is 0 Å². The van der Waals surface area contributed by atoms with Crippen LogP contribution in [0.25, 0.3) is 0 Å². The van der Waals surface area contributed by atoms with Crippen molar-refractivity contribution in [3.63, 3.8) is 0 Å². The van der Waals surface area contributed by atoms with E-state index in [4.69, 9.17) is 0 Å². The lowest BCUT2D eigenvalue weighted by molar-refractivity contribution is -0.130. The summed E-state index contributed by atoms with van der Waals surface area (Å²) in [6.45, 7) is 8.42. The molecule has 0 aromatic heterocycles. The molecule has 0 radical (unpaired) electrons. The molecule has 2 heterocycles. The average Bonchev–Trinajstić information content (AvgIpc) is 3.08. The van der Waals surface area contributed by atoms with Crippen LogP contribution >= 0.6 is 0 Å². The van der Waals surface area contributed by atoms with Crippen LogP contribution in [0.5, 0.6) is 0 Å². The molecule has 1 aromatic rings. The van der Waals surface area contributed by atoms with Crippen molar-refractivity contribution >= 4 is 5.91 Å². The van der Waals surface area contributed by atoms with Crippen LogP contribution in [0, 0.1) is 11.8 Å². The van der Waals surface area contributed by atoms with Gasteiger partial charge in [-0.3, -0.25) is 4.79 Å². The third kappa shape index (κ3) is 3.13. The highest BCUT2D eigenvalue weighted by Gasteiger charge is 2.38. The highest BCUT2D eigenvalue weighted by Crippen LogP contribution is 2.28. The Morgan fingerprint density at radius 1 is 1.24 bits per heavy atom. The third-order valence-electron chi connectivity index (χ3n) is 5.18. The van der Waals surface area contributed by atoms with Crippen LogP contribution in [0.2, 0.25) is 0 Å². The molecule has 0 bridgehead atoms. The fraction of sp³-hybridized carbons (Fsp3) is 0.611. The quantitative estimate of drug-likeness (QED) is 0.922. The van der Waals surface area contributed by atoms with Crippen molar-refractivity contribution in [3.05, 3.63) is 35.4 Å². The molecule has 2 aliphatic heterocycles. The van der Waals surface area contributed by atoms with E-state index in [1.807, 2.05) is 0 Å². The molecule has 3 rings (SSSR count). The van der Waals surface area contributed by atoms with Gasteiger partial charge in [0.1, 0.15) is 0 Å². The molecular weight excluding hydrogens is 260 g/mol. The van der Waals surface area contributed by atoms with Gasteiger partial charge in [0.25, 0.3) is 0 Å². The number of nitrogens with zero attached hydrogens (tertiary/aromatic N) is 1. The Bertz CT molecular complexity index is 484. The fourth-order valence-corrected chi connectivity index (χ4v) is 3.65. The molecule has 114 valence electrons. The lowest BCUT2D eigenvalue weighted by atomic mass is 9.96. The smallest absolute Gasteiger partial charge is 0.223 e. The zero-order chi connectivity index (χ0) is 14.8. The Hall–Kier alpha value is -1.35. The number of likely N-dealkylation sites (tertiary alicyclic amines) is 1. The molecule has 1 aromatic carbocycles. The Kier molecular flexibility index (Phi) is 4.29. The number of amides is 1. The van der Waals surface area contributed by atoms with Crippen LogP contribution in [0.4, 0.5) is 0 Å². The molecule has 3 nitrogen and oxygen atoms in total. The number of carbonyl (C=O) groups is 1. The van der Waals surface area contributed by atoms with Gasteiger partial charge in [0.15, 0.2) is 0 Å². The SMILES string of the molecule is CCc1ccc(C(C)CC(=O)N2C[C@H]3CNC[C@H]3C2)cc1. The van der Waals surface area contributed by atoms with E-state index >= 15 is 0 Å². The van der Waals surface area contributed by atoms with Crippen LogP contribution in [0.1, 0.15) is 37.3 Å². The van der Waals surface area contributed by atoms with Crippen molar-refractivity contribution in [2.75, 3.05) is 26.2 Å². The number of hydrogen-bond donors (Lipinski definition) is 1. The second-order valence-corrected chi connectivity index (χ2v) is 6.68. The molecule has 2 aliphatic rings. The largest absolute Gasteiger partial charge is 0.342 e. The highest BCUT2D eigenvalue weighted by molar-refractivity contribution is 5.77. The lowest BCUT2D eigenvalue weighted by Crippen LogP contribution is -2.32. The lowest BCUT2D eigenvalue weighted by Gasteiger charge is -2.20. The van der Waals surface area contributed by atoms with Gasteiger partial charge in [-0.15, -0.1) is 0 Å². The van der Waals surface area contributed by atoms with Crippen LogP contribution in [0.3, 0.4) is 0 Å². The Morgan fingerprint density at radius 2 is 1.86 bits per heavy atom. The molecule has 1 amide bonds. The molecule has 2 saturated heterocycles. The predicted molar refractivity (Wildman–Crippen MR) is 85.3 cm³/mol. The Balaban J connectivity index is 1.56. The minimum Gasteiger partial charge on any atom is -0.342 e. The summed E-state index contributed by atoms with van der Waals surface area (Å²) < 4.78 is 0. The first-order chi connectivity index (χ1) is 10.2. The molecule has 2 fully saturated rings. The monoisotopic (exact) mass is 286 g/mol. The Labute approximate surface area is 127 Å². The van der Waals surface area contributed by atoms with E-state index in [1.165, 1.54) is 11.1 Å². The standard InChI is InChI=1S/C18H26N2O/c1-3-14-4-6-15(7-5-14)13(2)8-18(21)20-11-16-9-19-10-17(16)12-20/h4-7,13,16-17,19H,3,8-12H2,1-2H3/t13?,16-,17+. The molecule has 3 atom stereocenters. The predicted octanol–water partition coefficient (Wildman–Crippen LogP) is 2.42. The van der Waals surface area contributed by atoms with Crippen LogP contribution in [-0.2, 0) is 11.2 Å². The van der Waals surface area contributed by atoms with Gasteiger partial charge in [-0.2, -0.15) is 0 Å². The summed E-state index contributed by atoms with van der Waals surface area (Å²) in [4.78, 5) is 14.6. The summed E-state index contributed by atoms with van der Waals surface area (Å²) in [6, 6.07) is 8.73. The van der Waals surface area contributed by atoms with E-state index in [9.17, 15) is 4.79 Å². The maximum absolute atomic E-state index is 12.5. The van der Waals surface area contributed by atoms with Gasteiger partial charge < -0.3 is 10.2 Å². The number of benzene rings is 1. The average molecular weight is 286 g/mol. The number of aryl methyl sites for hydroxylation is 1. The number of fused-ring (bicyclic) bond motifs is 1. The van der Waals surface area contributed by atoms with Crippen molar-refractivity contribution < 1.29 is 4.79 Å². The maximum atomic E-state index is 12.5. The van der Waals surface area contributed by atoms with E-state index in [-0.39, 0.29) is 0 Å². The molecule has 1 unspecified atom stereocenters. The zero-order valence-corrected chi connectivity index (χ0v) is 13.1. The van der Waals surface area contributed by atoms with E-state index in [2.05, 4.69) is 48.3 Å². The normalized spacial score (nSPS) is 25.9. The zero-order valence-electron chi connectivity index (χ0n) is 13.1. The van der Waals surface area contributed by atoms with Gasteiger partial charge in [-0.25, -0.2) is 0 Å². The summed E-state index contributed by atoms with van der Waals surface area (Å²) in [7, 11) is 0. The van der Waals surface area contributed by atoms with Crippen LogP contribution in [0.15, 0.2) is 24.3 Å². The van der Waals surface area contributed by atoms with Gasteiger partial charge in [0.2, 0.25) is 5.91 Å².